The Labute approximate surface area is 217 Å². The van der Waals surface area contributed by atoms with Gasteiger partial charge in [0, 0.05) is 32.4 Å². The maximum absolute atomic E-state index is 13.3. The van der Waals surface area contributed by atoms with E-state index < -0.39 is 11.3 Å². The second-order valence-corrected chi connectivity index (χ2v) is 10.8. The van der Waals surface area contributed by atoms with Gasteiger partial charge >= 0.3 is 5.69 Å². The van der Waals surface area contributed by atoms with E-state index in [1.807, 2.05) is 57.2 Å². The van der Waals surface area contributed by atoms with E-state index in [2.05, 4.69) is 16.9 Å². The summed E-state index contributed by atoms with van der Waals surface area (Å²) in [7, 11) is 0. The molecule has 0 atom stereocenters. The smallest absolute Gasteiger partial charge is 0.333 e. The van der Waals surface area contributed by atoms with Crippen molar-refractivity contribution in [3.63, 3.8) is 0 Å². The minimum Gasteiger partial charge on any atom is -0.390 e. The summed E-state index contributed by atoms with van der Waals surface area (Å²) >= 11 is 7.62. The van der Waals surface area contributed by atoms with E-state index >= 15 is 0 Å². The number of halogens is 1. The molecule has 3 aromatic heterocycles. The summed E-state index contributed by atoms with van der Waals surface area (Å²) < 4.78 is 1.62. The number of thiophene rings is 1. The van der Waals surface area contributed by atoms with E-state index in [4.69, 9.17) is 16.7 Å². The van der Waals surface area contributed by atoms with Crippen LogP contribution in [0, 0.1) is 6.92 Å². The second-order valence-electron chi connectivity index (χ2n) is 9.35. The van der Waals surface area contributed by atoms with Crippen LogP contribution >= 0.6 is 22.9 Å². The Morgan fingerprint density at radius 1 is 1.11 bits per heavy atom. The lowest BCUT2D eigenvalue weighted by Gasteiger charge is -2.14. The monoisotopic (exact) mass is 521 g/mol. The molecule has 0 saturated carbocycles. The fourth-order valence-corrected chi connectivity index (χ4v) is 5.45. The van der Waals surface area contributed by atoms with Crippen LogP contribution in [0.4, 0.5) is 0 Å². The Morgan fingerprint density at radius 3 is 2.53 bits per heavy atom. The first-order valence-corrected chi connectivity index (χ1v) is 12.9. The van der Waals surface area contributed by atoms with E-state index in [1.165, 1.54) is 11.3 Å². The second kappa shape index (κ2) is 10.4. The number of aromatic nitrogens is 3. The maximum Gasteiger partial charge on any atom is 0.333 e. The summed E-state index contributed by atoms with van der Waals surface area (Å²) in [5.41, 5.74) is 1.50. The van der Waals surface area contributed by atoms with Crippen molar-refractivity contribution in [1.29, 1.82) is 0 Å². The summed E-state index contributed by atoms with van der Waals surface area (Å²) in [5, 5.41) is 11.3. The molecule has 5 aromatic rings. The zero-order valence-corrected chi connectivity index (χ0v) is 22.2. The van der Waals surface area contributed by atoms with Crippen LogP contribution in [0.1, 0.15) is 39.2 Å². The predicted molar refractivity (Wildman–Crippen MR) is 150 cm³/mol. The van der Waals surface area contributed by atoms with E-state index in [9.17, 15) is 9.59 Å². The molecule has 36 heavy (non-hydrogen) atoms. The van der Waals surface area contributed by atoms with Crippen molar-refractivity contribution >= 4 is 43.9 Å². The van der Waals surface area contributed by atoms with Crippen LogP contribution in [-0.2, 0) is 0 Å². The number of fused-ring (bicyclic) bond motifs is 2. The van der Waals surface area contributed by atoms with Gasteiger partial charge in [-0.3, -0.25) is 9.78 Å². The molecule has 2 N–H and O–H groups in total. The summed E-state index contributed by atoms with van der Waals surface area (Å²) in [6.45, 7) is 7.69. The predicted octanol–water partition coefficient (Wildman–Crippen LogP) is 6.47. The zero-order valence-electron chi connectivity index (χ0n) is 20.6. The highest BCUT2D eigenvalue weighted by Gasteiger charge is 2.16. The van der Waals surface area contributed by atoms with Gasteiger partial charge in [0.15, 0.2) is 0 Å². The van der Waals surface area contributed by atoms with Gasteiger partial charge in [-0.25, -0.2) is 9.36 Å². The van der Waals surface area contributed by atoms with Gasteiger partial charge in [-0.15, -0.1) is 11.3 Å². The Morgan fingerprint density at radius 2 is 1.86 bits per heavy atom. The highest BCUT2D eigenvalue weighted by Crippen LogP contribution is 2.35. The van der Waals surface area contributed by atoms with Crippen molar-refractivity contribution in [3.8, 4) is 16.1 Å². The number of rotatable bonds is 4. The molecule has 0 radical (unpaired) electrons. The average molecular weight is 522 g/mol. The van der Waals surface area contributed by atoms with Crippen molar-refractivity contribution < 1.29 is 5.11 Å². The van der Waals surface area contributed by atoms with Gasteiger partial charge in [0.2, 0.25) is 0 Å². The van der Waals surface area contributed by atoms with Crippen LogP contribution in [0.5, 0.6) is 0 Å². The summed E-state index contributed by atoms with van der Waals surface area (Å²) in [4.78, 5) is 34.0. The van der Waals surface area contributed by atoms with E-state index in [0.29, 0.717) is 20.9 Å². The molecular weight excluding hydrogens is 494 g/mol. The molecule has 0 bridgehead atoms. The van der Waals surface area contributed by atoms with Crippen LogP contribution in [0.2, 0.25) is 5.02 Å². The number of H-pyrrole nitrogens is 1. The molecular formula is C28H28ClN3O3S. The van der Waals surface area contributed by atoms with E-state index in [-0.39, 0.29) is 5.56 Å². The number of benzene rings is 2. The number of aryl methyl sites for hydroxylation is 1. The summed E-state index contributed by atoms with van der Waals surface area (Å²) in [6, 6.07) is 15.1. The van der Waals surface area contributed by atoms with Crippen LogP contribution in [-0.4, -0.2) is 25.2 Å². The third kappa shape index (κ3) is 5.43. The molecule has 0 saturated heterocycles. The number of pyridine rings is 1. The van der Waals surface area contributed by atoms with E-state index in [1.54, 1.807) is 24.5 Å². The molecule has 0 fully saturated rings. The molecule has 0 spiro atoms. The first-order chi connectivity index (χ1) is 17.1. The number of aromatic amines is 1. The van der Waals surface area contributed by atoms with Crippen molar-refractivity contribution in [1.82, 2.24) is 14.5 Å². The third-order valence-corrected chi connectivity index (χ3v) is 7.20. The molecule has 0 unspecified atom stereocenters. The lowest BCUT2D eigenvalue weighted by molar-refractivity contribution is 0.0703. The molecule has 2 aromatic carbocycles. The normalized spacial score (nSPS) is 11.5. The Hall–Kier alpha value is -3.26. The van der Waals surface area contributed by atoms with Crippen molar-refractivity contribution in [2.24, 2.45) is 0 Å². The van der Waals surface area contributed by atoms with Gasteiger partial charge in [-0.05, 0) is 45.4 Å². The lowest BCUT2D eigenvalue weighted by Crippen LogP contribution is -2.33. The Bertz CT molecular complexity index is 1660. The molecule has 0 aliphatic carbocycles. The van der Waals surface area contributed by atoms with Crippen LogP contribution < -0.4 is 11.2 Å². The quantitative estimate of drug-likeness (QED) is 0.283. The number of nitrogens with one attached hydrogen (secondary N) is 1. The SMILES string of the molecule is CCCC(C)(C)O.Cc1ccc2cncc(-n3c(=O)[nH]c4cc(-c5ccccc5Cl)sc4c3=O)c2c1. The molecule has 3 heterocycles. The zero-order chi connectivity index (χ0) is 26.0. The molecule has 0 amide bonds. The standard InChI is InChI=1S/C22H14ClN3O2S.C6H14O/c1-12-6-7-13-10-24-11-18(15(13)8-12)26-21(27)20-17(25-22(26)28)9-19(29-20)14-4-2-3-5-16(14)23;1-4-5-6(2,3)7/h2-11H,1H3,(H,25,28);7H,4-5H2,1-3H3. The number of aliphatic hydroxyl groups is 1. The molecule has 0 aliphatic heterocycles. The Kier molecular flexibility index (Phi) is 7.45. The number of hydrogen-bond donors (Lipinski definition) is 2. The number of hydrogen-bond acceptors (Lipinski definition) is 5. The van der Waals surface area contributed by atoms with Gasteiger partial charge in [-0.2, -0.15) is 0 Å². The van der Waals surface area contributed by atoms with Crippen molar-refractivity contribution in [2.75, 3.05) is 0 Å². The Balaban J connectivity index is 0.000000384. The lowest BCUT2D eigenvalue weighted by atomic mass is 10.0. The summed E-state index contributed by atoms with van der Waals surface area (Å²) in [5.74, 6) is 0. The fourth-order valence-electron chi connectivity index (χ4n) is 4.07. The molecule has 5 rings (SSSR count). The molecule has 6 nitrogen and oxygen atoms in total. The van der Waals surface area contributed by atoms with Gasteiger partial charge in [0.25, 0.3) is 5.56 Å². The molecule has 186 valence electrons. The van der Waals surface area contributed by atoms with Gasteiger partial charge in [-0.1, -0.05) is 60.8 Å². The van der Waals surface area contributed by atoms with Crippen LogP contribution in [0.25, 0.3) is 37.1 Å². The van der Waals surface area contributed by atoms with E-state index in [0.717, 1.165) is 44.2 Å². The molecule has 0 aliphatic rings. The topological polar surface area (TPSA) is 88.0 Å². The summed E-state index contributed by atoms with van der Waals surface area (Å²) in [6.07, 6.45) is 5.22. The number of nitrogens with zero attached hydrogens (tertiary/aromatic N) is 2. The first kappa shape index (κ1) is 25.8. The highest BCUT2D eigenvalue weighted by molar-refractivity contribution is 7.22. The maximum atomic E-state index is 13.3. The fraction of sp³-hybridized carbons (Fsp3) is 0.250. The average Bonchev–Trinajstić information content (AvgIpc) is 3.23. The minimum atomic E-state index is -0.498. The minimum absolute atomic E-state index is 0.372. The van der Waals surface area contributed by atoms with Crippen molar-refractivity contribution in [2.45, 2.75) is 46.1 Å². The van der Waals surface area contributed by atoms with Crippen LogP contribution in [0.3, 0.4) is 0 Å². The van der Waals surface area contributed by atoms with Gasteiger partial charge < -0.3 is 10.1 Å². The van der Waals surface area contributed by atoms with Crippen LogP contribution in [0.15, 0.2) is 70.5 Å². The van der Waals surface area contributed by atoms with Gasteiger partial charge in [0.05, 0.1) is 23.0 Å². The third-order valence-electron chi connectivity index (χ3n) is 5.71. The molecule has 8 heteroatoms. The largest absolute Gasteiger partial charge is 0.390 e. The van der Waals surface area contributed by atoms with Crippen molar-refractivity contribution in [3.05, 3.63) is 92.3 Å². The highest BCUT2D eigenvalue weighted by atomic mass is 35.5. The van der Waals surface area contributed by atoms with Gasteiger partial charge in [0.1, 0.15) is 4.70 Å². The first-order valence-electron chi connectivity index (χ1n) is 11.7.